The maximum atomic E-state index is 5.69. The Balaban J connectivity index is 1.63. The SMILES string of the molecule is CCc1ccc(CNCC2CCC(CC)CC2)o1. The molecular weight excluding hydrogens is 222 g/mol. The van der Waals surface area contributed by atoms with Gasteiger partial charge in [0, 0.05) is 6.42 Å². The summed E-state index contributed by atoms with van der Waals surface area (Å²) in [4.78, 5) is 0. The minimum Gasteiger partial charge on any atom is -0.465 e. The second-order valence-electron chi connectivity index (χ2n) is 5.65. The highest BCUT2D eigenvalue weighted by Crippen LogP contribution is 2.30. The first-order valence-electron chi connectivity index (χ1n) is 7.60. The molecule has 0 bridgehead atoms. The summed E-state index contributed by atoms with van der Waals surface area (Å²) in [5.41, 5.74) is 0. The van der Waals surface area contributed by atoms with Gasteiger partial charge >= 0.3 is 0 Å². The van der Waals surface area contributed by atoms with E-state index in [0.29, 0.717) is 0 Å². The van der Waals surface area contributed by atoms with Gasteiger partial charge in [-0.15, -0.1) is 0 Å². The molecule has 0 aliphatic heterocycles. The fourth-order valence-electron chi connectivity index (χ4n) is 2.95. The van der Waals surface area contributed by atoms with E-state index in [2.05, 4.69) is 31.3 Å². The van der Waals surface area contributed by atoms with Crippen LogP contribution in [0.15, 0.2) is 16.5 Å². The zero-order valence-electron chi connectivity index (χ0n) is 11.9. The van der Waals surface area contributed by atoms with Crippen LogP contribution < -0.4 is 5.32 Å². The molecule has 1 aliphatic rings. The minimum atomic E-state index is 0.883. The Morgan fingerprint density at radius 2 is 1.72 bits per heavy atom. The smallest absolute Gasteiger partial charge is 0.117 e. The second-order valence-corrected chi connectivity index (χ2v) is 5.65. The zero-order chi connectivity index (χ0) is 12.8. The first-order valence-corrected chi connectivity index (χ1v) is 7.60. The first-order chi connectivity index (χ1) is 8.81. The zero-order valence-corrected chi connectivity index (χ0v) is 11.9. The monoisotopic (exact) mass is 249 g/mol. The van der Waals surface area contributed by atoms with Gasteiger partial charge in [0.1, 0.15) is 11.5 Å². The van der Waals surface area contributed by atoms with Crippen LogP contribution in [-0.2, 0) is 13.0 Å². The Labute approximate surface area is 111 Å². The average Bonchev–Trinajstić information content (AvgIpc) is 2.87. The summed E-state index contributed by atoms with van der Waals surface area (Å²) in [5, 5.41) is 3.55. The minimum absolute atomic E-state index is 0.883. The Kier molecular flexibility index (Phi) is 5.30. The molecule has 1 heterocycles. The third kappa shape index (κ3) is 3.88. The molecule has 0 saturated heterocycles. The molecule has 1 fully saturated rings. The van der Waals surface area contributed by atoms with E-state index < -0.39 is 0 Å². The summed E-state index contributed by atoms with van der Waals surface area (Å²) in [6.45, 7) is 6.49. The molecule has 102 valence electrons. The van der Waals surface area contributed by atoms with Gasteiger partial charge in [-0.3, -0.25) is 0 Å². The number of rotatable bonds is 6. The van der Waals surface area contributed by atoms with Crippen molar-refractivity contribution in [2.45, 2.75) is 58.9 Å². The molecule has 1 aliphatic carbocycles. The Bertz CT molecular complexity index is 337. The molecule has 18 heavy (non-hydrogen) atoms. The van der Waals surface area contributed by atoms with Crippen LogP contribution in [0, 0.1) is 11.8 Å². The molecule has 2 heteroatoms. The fraction of sp³-hybridized carbons (Fsp3) is 0.750. The molecule has 1 aromatic rings. The van der Waals surface area contributed by atoms with Gasteiger partial charge in [0.05, 0.1) is 6.54 Å². The lowest BCUT2D eigenvalue weighted by atomic mass is 9.81. The van der Waals surface area contributed by atoms with Crippen molar-refractivity contribution in [1.29, 1.82) is 0 Å². The van der Waals surface area contributed by atoms with Gasteiger partial charge in [-0.05, 0) is 43.4 Å². The van der Waals surface area contributed by atoms with Crippen molar-refractivity contribution in [3.63, 3.8) is 0 Å². The van der Waals surface area contributed by atoms with Crippen LogP contribution in [-0.4, -0.2) is 6.54 Å². The van der Waals surface area contributed by atoms with Crippen LogP contribution >= 0.6 is 0 Å². The Morgan fingerprint density at radius 1 is 1.06 bits per heavy atom. The molecule has 0 unspecified atom stereocenters. The molecule has 2 nitrogen and oxygen atoms in total. The number of hydrogen-bond acceptors (Lipinski definition) is 2. The van der Waals surface area contributed by atoms with Gasteiger partial charge in [-0.2, -0.15) is 0 Å². The second kappa shape index (κ2) is 6.98. The van der Waals surface area contributed by atoms with E-state index >= 15 is 0 Å². The van der Waals surface area contributed by atoms with Crippen LogP contribution in [0.5, 0.6) is 0 Å². The fourth-order valence-corrected chi connectivity index (χ4v) is 2.95. The molecule has 1 saturated carbocycles. The standard InChI is InChI=1S/C16H27NO/c1-3-13-5-7-14(8-6-13)11-17-12-16-10-9-15(4-2)18-16/h9-10,13-14,17H,3-8,11-12H2,1-2H3. The van der Waals surface area contributed by atoms with E-state index in [1.165, 1.54) is 32.1 Å². The number of furan rings is 1. The van der Waals surface area contributed by atoms with E-state index in [1.54, 1.807) is 0 Å². The van der Waals surface area contributed by atoms with E-state index in [4.69, 9.17) is 4.42 Å². The van der Waals surface area contributed by atoms with Crippen LogP contribution in [0.2, 0.25) is 0 Å². The number of aryl methyl sites for hydroxylation is 1. The van der Waals surface area contributed by atoms with Gasteiger partial charge in [0.15, 0.2) is 0 Å². The van der Waals surface area contributed by atoms with Crippen molar-refractivity contribution >= 4 is 0 Å². The van der Waals surface area contributed by atoms with Crippen molar-refractivity contribution in [3.8, 4) is 0 Å². The van der Waals surface area contributed by atoms with Crippen LogP contribution in [0.1, 0.15) is 57.5 Å². The van der Waals surface area contributed by atoms with E-state index in [-0.39, 0.29) is 0 Å². The van der Waals surface area contributed by atoms with Crippen LogP contribution in [0.4, 0.5) is 0 Å². The van der Waals surface area contributed by atoms with Crippen molar-refractivity contribution < 1.29 is 4.42 Å². The lowest BCUT2D eigenvalue weighted by Crippen LogP contribution is -2.26. The van der Waals surface area contributed by atoms with Crippen molar-refractivity contribution in [2.24, 2.45) is 11.8 Å². The summed E-state index contributed by atoms with van der Waals surface area (Å²) >= 11 is 0. The van der Waals surface area contributed by atoms with Gasteiger partial charge in [0.25, 0.3) is 0 Å². The lowest BCUT2D eigenvalue weighted by Gasteiger charge is -2.27. The maximum Gasteiger partial charge on any atom is 0.117 e. The summed E-state index contributed by atoms with van der Waals surface area (Å²) in [5.74, 6) is 4.05. The van der Waals surface area contributed by atoms with E-state index in [0.717, 1.165) is 42.9 Å². The van der Waals surface area contributed by atoms with Gasteiger partial charge in [-0.25, -0.2) is 0 Å². The summed E-state index contributed by atoms with van der Waals surface area (Å²) < 4.78 is 5.69. The molecule has 2 rings (SSSR count). The number of nitrogens with one attached hydrogen (secondary N) is 1. The quantitative estimate of drug-likeness (QED) is 0.819. The normalized spacial score (nSPS) is 24.3. The number of hydrogen-bond donors (Lipinski definition) is 1. The lowest BCUT2D eigenvalue weighted by molar-refractivity contribution is 0.260. The van der Waals surface area contributed by atoms with Crippen LogP contribution in [0.3, 0.4) is 0 Å². The average molecular weight is 249 g/mol. The molecule has 0 aromatic carbocycles. The Morgan fingerprint density at radius 3 is 2.33 bits per heavy atom. The van der Waals surface area contributed by atoms with E-state index in [1.807, 2.05) is 0 Å². The molecule has 0 spiro atoms. The van der Waals surface area contributed by atoms with Crippen LogP contribution in [0.25, 0.3) is 0 Å². The van der Waals surface area contributed by atoms with Crippen molar-refractivity contribution in [1.82, 2.24) is 5.32 Å². The van der Waals surface area contributed by atoms with Crippen molar-refractivity contribution in [2.75, 3.05) is 6.54 Å². The summed E-state index contributed by atoms with van der Waals surface area (Å²) in [7, 11) is 0. The molecule has 0 atom stereocenters. The topological polar surface area (TPSA) is 25.2 Å². The molecule has 0 radical (unpaired) electrons. The molecule has 1 N–H and O–H groups in total. The predicted octanol–water partition coefficient (Wildman–Crippen LogP) is 4.15. The molecule has 0 amide bonds. The summed E-state index contributed by atoms with van der Waals surface area (Å²) in [6.07, 6.45) is 8.04. The summed E-state index contributed by atoms with van der Waals surface area (Å²) in [6, 6.07) is 4.18. The van der Waals surface area contributed by atoms with Gasteiger partial charge in [0.2, 0.25) is 0 Å². The Hall–Kier alpha value is -0.760. The predicted molar refractivity (Wildman–Crippen MR) is 75.5 cm³/mol. The maximum absolute atomic E-state index is 5.69. The largest absolute Gasteiger partial charge is 0.465 e. The third-order valence-corrected chi connectivity index (χ3v) is 4.34. The van der Waals surface area contributed by atoms with Crippen molar-refractivity contribution in [3.05, 3.63) is 23.7 Å². The highest BCUT2D eigenvalue weighted by Gasteiger charge is 2.19. The molecular formula is C16H27NO. The highest BCUT2D eigenvalue weighted by molar-refractivity contribution is 5.06. The highest BCUT2D eigenvalue weighted by atomic mass is 16.3. The first kappa shape index (κ1) is 13.7. The van der Waals surface area contributed by atoms with Gasteiger partial charge < -0.3 is 9.73 Å². The van der Waals surface area contributed by atoms with E-state index in [9.17, 15) is 0 Å². The molecule has 1 aromatic heterocycles. The third-order valence-electron chi connectivity index (χ3n) is 4.34. The van der Waals surface area contributed by atoms with Gasteiger partial charge in [-0.1, -0.05) is 33.1 Å².